The van der Waals surface area contributed by atoms with Gasteiger partial charge in [0.15, 0.2) is 0 Å². The van der Waals surface area contributed by atoms with Gasteiger partial charge in [-0.15, -0.1) is 0 Å². The van der Waals surface area contributed by atoms with E-state index in [-0.39, 0.29) is 5.91 Å². The Kier molecular flexibility index (Phi) is 4.06. The van der Waals surface area contributed by atoms with Gasteiger partial charge in [-0.3, -0.25) is 9.78 Å². The molecule has 0 aliphatic carbocycles. The number of ether oxygens (including phenoxy) is 1. The number of amides is 1. The molecule has 0 aliphatic rings. The van der Waals surface area contributed by atoms with Crippen molar-refractivity contribution in [2.24, 2.45) is 0 Å². The van der Waals surface area contributed by atoms with Crippen LogP contribution in [0.5, 0.6) is 5.75 Å². The number of pyridine rings is 1. The Morgan fingerprint density at radius 3 is 2.68 bits per heavy atom. The van der Waals surface area contributed by atoms with Crippen LogP contribution in [0, 0.1) is 0 Å². The molecule has 0 aliphatic heterocycles. The van der Waals surface area contributed by atoms with E-state index in [0.29, 0.717) is 17.0 Å². The molecule has 0 saturated carbocycles. The van der Waals surface area contributed by atoms with E-state index in [1.807, 2.05) is 24.3 Å². The van der Waals surface area contributed by atoms with E-state index in [1.54, 1.807) is 37.6 Å². The van der Waals surface area contributed by atoms with Crippen LogP contribution < -0.4 is 10.1 Å². The van der Waals surface area contributed by atoms with E-state index in [1.165, 1.54) is 0 Å². The largest absolute Gasteiger partial charge is 0.497 e. The van der Waals surface area contributed by atoms with Crippen LogP contribution in [0.25, 0.3) is 10.9 Å². The number of hydrogen-bond donors (Lipinski definition) is 1. The van der Waals surface area contributed by atoms with Crippen molar-refractivity contribution in [2.45, 2.75) is 0 Å². The quantitative estimate of drug-likeness (QED) is 0.762. The van der Waals surface area contributed by atoms with E-state index >= 15 is 0 Å². The van der Waals surface area contributed by atoms with Crippen LogP contribution in [0.4, 0.5) is 5.69 Å². The highest BCUT2D eigenvalue weighted by Gasteiger charge is 2.09. The predicted octanol–water partition coefficient (Wildman–Crippen LogP) is 4.26. The van der Waals surface area contributed by atoms with E-state index in [4.69, 9.17) is 4.74 Å². The predicted molar refractivity (Wildman–Crippen MR) is 90.4 cm³/mol. The number of carbonyl (C=O) groups is 1. The molecule has 0 bridgehead atoms. The van der Waals surface area contributed by atoms with Gasteiger partial charge in [0.25, 0.3) is 5.91 Å². The Morgan fingerprint density at radius 1 is 1.18 bits per heavy atom. The summed E-state index contributed by atoms with van der Waals surface area (Å²) >= 11 is 3.40. The fourth-order valence-electron chi connectivity index (χ4n) is 2.17. The molecule has 4 nitrogen and oxygen atoms in total. The molecular weight excluding hydrogens is 344 g/mol. The average molecular weight is 357 g/mol. The summed E-state index contributed by atoms with van der Waals surface area (Å²) in [6.07, 6.45) is 1.71. The van der Waals surface area contributed by atoms with Gasteiger partial charge >= 0.3 is 0 Å². The van der Waals surface area contributed by atoms with Crippen molar-refractivity contribution in [1.82, 2.24) is 4.98 Å². The van der Waals surface area contributed by atoms with Gasteiger partial charge in [-0.2, -0.15) is 0 Å². The zero-order chi connectivity index (χ0) is 15.5. The Balaban J connectivity index is 1.90. The number of nitrogens with one attached hydrogen (secondary N) is 1. The van der Waals surface area contributed by atoms with Crippen LogP contribution in [-0.4, -0.2) is 18.0 Å². The molecule has 1 N–H and O–H groups in total. The van der Waals surface area contributed by atoms with Crippen molar-refractivity contribution < 1.29 is 9.53 Å². The molecule has 0 fully saturated rings. The fraction of sp³-hybridized carbons (Fsp3) is 0.0588. The lowest BCUT2D eigenvalue weighted by Crippen LogP contribution is -2.12. The maximum absolute atomic E-state index is 12.3. The zero-order valence-corrected chi connectivity index (χ0v) is 13.4. The van der Waals surface area contributed by atoms with Crippen molar-refractivity contribution >= 4 is 38.4 Å². The number of methoxy groups -OCH3 is 1. The summed E-state index contributed by atoms with van der Waals surface area (Å²) in [5.41, 5.74) is 2.01. The van der Waals surface area contributed by atoms with Crippen molar-refractivity contribution in [3.05, 3.63) is 64.8 Å². The lowest BCUT2D eigenvalue weighted by molar-refractivity contribution is 0.102. The Labute approximate surface area is 136 Å². The van der Waals surface area contributed by atoms with Crippen molar-refractivity contribution in [3.63, 3.8) is 0 Å². The van der Waals surface area contributed by atoms with E-state index in [9.17, 15) is 4.79 Å². The molecule has 22 heavy (non-hydrogen) atoms. The van der Waals surface area contributed by atoms with E-state index < -0.39 is 0 Å². The van der Waals surface area contributed by atoms with Gasteiger partial charge in [0.05, 0.1) is 18.3 Å². The van der Waals surface area contributed by atoms with E-state index in [2.05, 4.69) is 26.2 Å². The number of hydrogen-bond acceptors (Lipinski definition) is 3. The minimum absolute atomic E-state index is 0.181. The number of nitrogens with zero attached hydrogens (tertiary/aromatic N) is 1. The molecule has 0 spiro atoms. The first kappa shape index (κ1) is 14.5. The standard InChI is InChI=1S/C17H13BrN2O2/c1-22-14-7-5-11(6-8-14)17(21)20-15-4-2-3-12-9-13(18)10-19-16(12)15/h2-10H,1H3,(H,20,21). The third kappa shape index (κ3) is 2.94. The molecule has 3 aromatic rings. The molecule has 1 amide bonds. The van der Waals surface area contributed by atoms with Gasteiger partial charge in [0.1, 0.15) is 5.75 Å². The molecule has 0 radical (unpaired) electrons. The normalized spacial score (nSPS) is 10.5. The third-order valence-electron chi connectivity index (χ3n) is 3.28. The number of rotatable bonds is 3. The lowest BCUT2D eigenvalue weighted by atomic mass is 10.1. The van der Waals surface area contributed by atoms with Gasteiger partial charge in [0.2, 0.25) is 0 Å². The summed E-state index contributed by atoms with van der Waals surface area (Å²) in [5.74, 6) is 0.535. The summed E-state index contributed by atoms with van der Waals surface area (Å²) in [7, 11) is 1.59. The first-order valence-corrected chi connectivity index (χ1v) is 7.46. The van der Waals surface area contributed by atoms with Crippen LogP contribution in [0.15, 0.2) is 59.2 Å². The number of benzene rings is 2. The maximum atomic E-state index is 12.3. The topological polar surface area (TPSA) is 51.2 Å². The Bertz CT molecular complexity index is 832. The van der Waals surface area contributed by atoms with Gasteiger partial charge in [-0.1, -0.05) is 12.1 Å². The number of halogens is 1. The molecule has 3 rings (SSSR count). The number of aromatic nitrogens is 1. The van der Waals surface area contributed by atoms with E-state index in [0.717, 1.165) is 15.4 Å². The SMILES string of the molecule is COc1ccc(C(=O)Nc2cccc3cc(Br)cnc23)cc1. The molecule has 0 saturated heterocycles. The number of anilines is 1. The second kappa shape index (κ2) is 6.15. The molecule has 1 heterocycles. The molecule has 0 unspecified atom stereocenters. The summed E-state index contributed by atoms with van der Waals surface area (Å²) in [4.78, 5) is 16.7. The highest BCUT2D eigenvalue weighted by Crippen LogP contribution is 2.24. The van der Waals surface area contributed by atoms with Crippen LogP contribution >= 0.6 is 15.9 Å². The number of para-hydroxylation sites is 1. The van der Waals surface area contributed by atoms with Crippen molar-refractivity contribution in [2.75, 3.05) is 12.4 Å². The molecule has 1 aromatic heterocycles. The second-order valence-corrected chi connectivity index (χ2v) is 5.63. The third-order valence-corrected chi connectivity index (χ3v) is 3.71. The first-order valence-electron chi connectivity index (χ1n) is 6.67. The van der Waals surface area contributed by atoms with Crippen LogP contribution in [0.1, 0.15) is 10.4 Å². The van der Waals surface area contributed by atoms with Crippen LogP contribution in [-0.2, 0) is 0 Å². The van der Waals surface area contributed by atoms with Crippen molar-refractivity contribution in [1.29, 1.82) is 0 Å². The van der Waals surface area contributed by atoms with Crippen LogP contribution in [0.3, 0.4) is 0 Å². The highest BCUT2D eigenvalue weighted by atomic mass is 79.9. The maximum Gasteiger partial charge on any atom is 0.255 e. The van der Waals surface area contributed by atoms with Gasteiger partial charge in [-0.25, -0.2) is 0 Å². The monoisotopic (exact) mass is 356 g/mol. The van der Waals surface area contributed by atoms with Crippen LogP contribution in [0.2, 0.25) is 0 Å². The second-order valence-electron chi connectivity index (χ2n) is 4.71. The Hall–Kier alpha value is -2.40. The zero-order valence-electron chi connectivity index (χ0n) is 11.8. The molecule has 0 atom stereocenters. The highest BCUT2D eigenvalue weighted by molar-refractivity contribution is 9.10. The summed E-state index contributed by atoms with van der Waals surface area (Å²) < 4.78 is 5.99. The fourth-order valence-corrected chi connectivity index (χ4v) is 2.52. The van der Waals surface area contributed by atoms with Gasteiger partial charge in [-0.05, 0) is 52.3 Å². The van der Waals surface area contributed by atoms with Crippen molar-refractivity contribution in [3.8, 4) is 5.75 Å². The molecule has 110 valence electrons. The van der Waals surface area contributed by atoms with Gasteiger partial charge < -0.3 is 10.1 Å². The molecule has 2 aromatic carbocycles. The molecular formula is C17H13BrN2O2. The first-order chi connectivity index (χ1) is 10.7. The minimum Gasteiger partial charge on any atom is -0.497 e. The number of carbonyl (C=O) groups excluding carboxylic acids is 1. The summed E-state index contributed by atoms with van der Waals surface area (Å²) in [5, 5.41) is 3.86. The Morgan fingerprint density at radius 2 is 1.95 bits per heavy atom. The average Bonchev–Trinajstić information content (AvgIpc) is 2.55. The minimum atomic E-state index is -0.181. The summed E-state index contributed by atoms with van der Waals surface area (Å²) in [6.45, 7) is 0. The van der Waals surface area contributed by atoms with Gasteiger partial charge in [0, 0.05) is 21.6 Å². The lowest BCUT2D eigenvalue weighted by Gasteiger charge is -2.09. The molecule has 5 heteroatoms. The smallest absolute Gasteiger partial charge is 0.255 e. The number of fused-ring (bicyclic) bond motifs is 1. The summed E-state index contributed by atoms with van der Waals surface area (Å²) in [6, 6.07) is 14.6.